The van der Waals surface area contributed by atoms with E-state index in [1.807, 2.05) is 0 Å². The summed E-state index contributed by atoms with van der Waals surface area (Å²) in [6, 6.07) is 3.48. The number of benzene rings is 1. The minimum Gasteiger partial charge on any atom is -0.480 e. The van der Waals surface area contributed by atoms with Crippen molar-refractivity contribution in [1.29, 1.82) is 0 Å². The molecule has 1 aromatic rings. The summed E-state index contributed by atoms with van der Waals surface area (Å²) < 4.78 is 0. The summed E-state index contributed by atoms with van der Waals surface area (Å²) in [4.78, 5) is 24.3. The first kappa shape index (κ1) is 14.6. The van der Waals surface area contributed by atoms with Gasteiger partial charge in [0.1, 0.15) is 6.04 Å². The van der Waals surface area contributed by atoms with Crippen molar-refractivity contribution < 1.29 is 19.8 Å². The highest BCUT2D eigenvalue weighted by Crippen LogP contribution is 2.23. The molecule has 1 aromatic carbocycles. The number of likely N-dealkylation sites (tertiary alicyclic amines) is 1. The number of carboxylic acid groups (broad SMARTS) is 1. The van der Waals surface area contributed by atoms with Gasteiger partial charge in [-0.3, -0.25) is 0 Å². The number of rotatable bonds is 2. The monoisotopic (exact) mass is 298 g/mol. The second-order valence-corrected chi connectivity index (χ2v) is 5.22. The van der Waals surface area contributed by atoms with Crippen LogP contribution in [0.3, 0.4) is 0 Å². The van der Waals surface area contributed by atoms with Crippen LogP contribution in [-0.4, -0.2) is 45.8 Å². The summed E-state index contributed by atoms with van der Waals surface area (Å²) in [6.45, 7) is 1.81. The summed E-state index contributed by atoms with van der Waals surface area (Å²) in [5.74, 6) is -1.13. The number of aliphatic hydroxyl groups is 1. The van der Waals surface area contributed by atoms with Crippen LogP contribution in [0, 0.1) is 6.92 Å². The van der Waals surface area contributed by atoms with E-state index >= 15 is 0 Å². The zero-order chi connectivity index (χ0) is 14.9. The van der Waals surface area contributed by atoms with Gasteiger partial charge in [-0.1, -0.05) is 17.7 Å². The molecule has 0 spiro atoms. The van der Waals surface area contributed by atoms with Gasteiger partial charge in [-0.25, -0.2) is 9.59 Å². The van der Waals surface area contributed by atoms with E-state index in [2.05, 4.69) is 5.32 Å². The number of β-amino-alcohol motifs (C(OH)–C–C–N with tert-alkyl or cyclic N) is 1. The van der Waals surface area contributed by atoms with Crippen LogP contribution in [0.15, 0.2) is 18.2 Å². The fourth-order valence-corrected chi connectivity index (χ4v) is 2.36. The van der Waals surface area contributed by atoms with Crippen LogP contribution in [0.25, 0.3) is 0 Å². The van der Waals surface area contributed by atoms with Crippen molar-refractivity contribution in [1.82, 2.24) is 4.90 Å². The Morgan fingerprint density at radius 2 is 2.15 bits per heavy atom. The number of nitrogens with one attached hydrogen (secondary N) is 1. The molecule has 0 unspecified atom stereocenters. The lowest BCUT2D eigenvalue weighted by atomic mass is 10.2. The molecule has 1 aliphatic heterocycles. The second kappa shape index (κ2) is 5.68. The molecule has 108 valence electrons. The van der Waals surface area contributed by atoms with E-state index in [9.17, 15) is 14.7 Å². The number of carboxylic acids is 1. The summed E-state index contributed by atoms with van der Waals surface area (Å²) in [5.41, 5.74) is 1.34. The molecular weight excluding hydrogens is 284 g/mol. The van der Waals surface area contributed by atoms with Crippen LogP contribution in [-0.2, 0) is 4.79 Å². The van der Waals surface area contributed by atoms with Crippen molar-refractivity contribution in [3.05, 3.63) is 28.8 Å². The van der Waals surface area contributed by atoms with Gasteiger partial charge in [-0.2, -0.15) is 0 Å². The van der Waals surface area contributed by atoms with Crippen LogP contribution >= 0.6 is 11.6 Å². The number of aliphatic carboxylic acids is 1. The minimum atomic E-state index is -1.13. The van der Waals surface area contributed by atoms with E-state index in [0.29, 0.717) is 10.7 Å². The van der Waals surface area contributed by atoms with E-state index in [-0.39, 0.29) is 13.0 Å². The number of carbonyl (C=O) groups excluding carboxylic acids is 1. The molecule has 1 aliphatic rings. The number of anilines is 1. The average molecular weight is 299 g/mol. The number of aliphatic hydroxyl groups excluding tert-OH is 1. The smallest absolute Gasteiger partial charge is 0.326 e. The number of urea groups is 1. The lowest BCUT2D eigenvalue weighted by Gasteiger charge is -2.22. The first-order valence-corrected chi connectivity index (χ1v) is 6.51. The average Bonchev–Trinajstić information content (AvgIpc) is 2.76. The van der Waals surface area contributed by atoms with Gasteiger partial charge in [-0.05, 0) is 24.6 Å². The van der Waals surface area contributed by atoms with Gasteiger partial charge in [0, 0.05) is 23.7 Å². The predicted octanol–water partition coefficient (Wildman–Crippen LogP) is 1.70. The van der Waals surface area contributed by atoms with Crippen molar-refractivity contribution in [3.63, 3.8) is 0 Å². The topological polar surface area (TPSA) is 89.9 Å². The number of aryl methyl sites for hydroxylation is 1. The summed E-state index contributed by atoms with van der Waals surface area (Å²) in [6.07, 6.45) is -0.778. The molecule has 1 fully saturated rings. The van der Waals surface area contributed by atoms with Gasteiger partial charge in [0.05, 0.1) is 6.10 Å². The van der Waals surface area contributed by atoms with Gasteiger partial charge in [0.15, 0.2) is 0 Å². The van der Waals surface area contributed by atoms with Crippen LogP contribution in [0.1, 0.15) is 12.0 Å². The maximum Gasteiger partial charge on any atom is 0.326 e. The fourth-order valence-electron chi connectivity index (χ4n) is 2.19. The van der Waals surface area contributed by atoms with Crippen LogP contribution < -0.4 is 5.32 Å². The van der Waals surface area contributed by atoms with Gasteiger partial charge in [-0.15, -0.1) is 0 Å². The molecule has 1 saturated heterocycles. The van der Waals surface area contributed by atoms with Gasteiger partial charge >= 0.3 is 12.0 Å². The van der Waals surface area contributed by atoms with Crippen molar-refractivity contribution in [3.8, 4) is 0 Å². The Labute approximate surface area is 121 Å². The lowest BCUT2D eigenvalue weighted by Crippen LogP contribution is -2.43. The van der Waals surface area contributed by atoms with Crippen LogP contribution in [0.4, 0.5) is 10.5 Å². The fraction of sp³-hybridized carbons (Fsp3) is 0.385. The third-order valence-corrected chi connectivity index (χ3v) is 3.50. The second-order valence-electron chi connectivity index (χ2n) is 4.79. The predicted molar refractivity (Wildman–Crippen MR) is 74.0 cm³/mol. The molecule has 6 nitrogen and oxygen atoms in total. The zero-order valence-electron chi connectivity index (χ0n) is 10.8. The molecule has 0 radical (unpaired) electrons. The minimum absolute atomic E-state index is 0.00239. The number of carbonyl (C=O) groups is 2. The summed E-state index contributed by atoms with van der Waals surface area (Å²) in [7, 11) is 0. The summed E-state index contributed by atoms with van der Waals surface area (Å²) in [5, 5.41) is 21.7. The van der Waals surface area contributed by atoms with E-state index in [1.54, 1.807) is 25.1 Å². The van der Waals surface area contributed by atoms with E-state index in [1.165, 1.54) is 0 Å². The Bertz CT molecular complexity index is 549. The Kier molecular flexibility index (Phi) is 4.15. The van der Waals surface area contributed by atoms with Gasteiger partial charge < -0.3 is 20.4 Å². The quantitative estimate of drug-likeness (QED) is 0.775. The molecular formula is C13H15ClN2O4. The van der Waals surface area contributed by atoms with E-state index in [0.717, 1.165) is 10.5 Å². The normalized spacial score (nSPS) is 21.9. The largest absolute Gasteiger partial charge is 0.480 e. The Morgan fingerprint density at radius 3 is 2.80 bits per heavy atom. The van der Waals surface area contributed by atoms with Crippen LogP contribution in [0.2, 0.25) is 5.02 Å². The van der Waals surface area contributed by atoms with Crippen molar-refractivity contribution in [2.45, 2.75) is 25.5 Å². The number of nitrogens with zero attached hydrogens (tertiary/aromatic N) is 1. The standard InChI is InChI=1S/C13H15ClN2O4/c1-7-2-3-8(14)4-10(7)15-13(20)16-6-9(17)5-11(16)12(18)19/h2-4,9,11,17H,5-6H2,1H3,(H,15,20)(H,18,19)/t9-,11-/m0/s1. The molecule has 1 heterocycles. The molecule has 2 atom stereocenters. The highest BCUT2D eigenvalue weighted by molar-refractivity contribution is 6.31. The van der Waals surface area contributed by atoms with E-state index < -0.39 is 24.1 Å². The van der Waals surface area contributed by atoms with Crippen molar-refractivity contribution in [2.24, 2.45) is 0 Å². The molecule has 2 amide bonds. The number of halogens is 1. The SMILES string of the molecule is Cc1ccc(Cl)cc1NC(=O)N1C[C@@H](O)C[C@H]1C(=O)O. The van der Waals surface area contributed by atoms with Crippen LogP contribution in [0.5, 0.6) is 0 Å². The first-order valence-electron chi connectivity index (χ1n) is 6.13. The van der Waals surface area contributed by atoms with Gasteiger partial charge in [0.25, 0.3) is 0 Å². The lowest BCUT2D eigenvalue weighted by molar-refractivity contribution is -0.141. The number of amides is 2. The number of hydrogen-bond donors (Lipinski definition) is 3. The maximum atomic E-state index is 12.1. The Morgan fingerprint density at radius 1 is 1.45 bits per heavy atom. The third kappa shape index (κ3) is 3.02. The maximum absolute atomic E-state index is 12.1. The Hall–Kier alpha value is -1.79. The molecule has 20 heavy (non-hydrogen) atoms. The first-order chi connectivity index (χ1) is 9.38. The van der Waals surface area contributed by atoms with E-state index in [4.69, 9.17) is 16.7 Å². The Balaban J connectivity index is 2.15. The zero-order valence-corrected chi connectivity index (χ0v) is 11.6. The molecule has 0 aromatic heterocycles. The molecule has 0 aliphatic carbocycles. The van der Waals surface area contributed by atoms with Gasteiger partial charge in [0.2, 0.25) is 0 Å². The van der Waals surface area contributed by atoms with Crippen molar-refractivity contribution in [2.75, 3.05) is 11.9 Å². The molecule has 0 saturated carbocycles. The highest BCUT2D eigenvalue weighted by atomic mass is 35.5. The highest BCUT2D eigenvalue weighted by Gasteiger charge is 2.39. The molecule has 2 rings (SSSR count). The van der Waals surface area contributed by atoms with Crippen molar-refractivity contribution >= 4 is 29.3 Å². The third-order valence-electron chi connectivity index (χ3n) is 3.27. The summed E-state index contributed by atoms with van der Waals surface area (Å²) >= 11 is 5.86. The molecule has 3 N–H and O–H groups in total. The molecule has 7 heteroatoms. The molecule has 0 bridgehead atoms. The number of hydrogen-bond acceptors (Lipinski definition) is 3.